The summed E-state index contributed by atoms with van der Waals surface area (Å²) < 4.78 is 33.7. The molecule has 7 nitrogen and oxygen atoms in total. The summed E-state index contributed by atoms with van der Waals surface area (Å²) in [6, 6.07) is 20.3. The van der Waals surface area contributed by atoms with Gasteiger partial charge in [0.25, 0.3) is 15.9 Å². The van der Waals surface area contributed by atoms with Crippen molar-refractivity contribution in [2.24, 2.45) is 5.10 Å². The molecule has 0 saturated carbocycles. The van der Waals surface area contributed by atoms with Crippen LogP contribution in [0.25, 0.3) is 0 Å². The Morgan fingerprint density at radius 2 is 1.72 bits per heavy atom. The number of benzene rings is 3. The second kappa shape index (κ2) is 10.4. The minimum absolute atomic E-state index is 0.0865. The van der Waals surface area contributed by atoms with Crippen LogP contribution in [0.15, 0.2) is 87.3 Å². The molecule has 0 bridgehead atoms. The van der Waals surface area contributed by atoms with Crippen LogP contribution in [0.3, 0.4) is 0 Å². The second-order valence-electron chi connectivity index (χ2n) is 6.84. The van der Waals surface area contributed by atoms with Gasteiger partial charge in [-0.05, 0) is 49.4 Å². The summed E-state index contributed by atoms with van der Waals surface area (Å²) in [6.07, 6.45) is 1.48. The Kier molecular flexibility index (Phi) is 7.66. The minimum Gasteiger partial charge on any atom is -0.497 e. The molecule has 0 spiro atoms. The molecule has 0 unspecified atom stereocenters. The van der Waals surface area contributed by atoms with Crippen LogP contribution in [-0.2, 0) is 14.8 Å². The number of hydrogen-bond donors (Lipinski definition) is 1. The quantitative estimate of drug-likeness (QED) is 0.361. The normalized spacial score (nSPS) is 11.3. The third-order valence-corrected chi connectivity index (χ3v) is 7.06. The molecule has 0 radical (unpaired) electrons. The van der Waals surface area contributed by atoms with Gasteiger partial charge >= 0.3 is 0 Å². The Bertz CT molecular complexity index is 1210. The predicted octanol–water partition coefficient (Wildman–Crippen LogP) is 4.11. The Hall–Kier alpha value is -3.17. The van der Waals surface area contributed by atoms with Gasteiger partial charge in [0.1, 0.15) is 12.3 Å². The topological polar surface area (TPSA) is 88.1 Å². The number of nitrogens with one attached hydrogen (secondary N) is 1. The molecule has 9 heteroatoms. The number of ether oxygens (including phenoxy) is 1. The molecule has 0 heterocycles. The summed E-state index contributed by atoms with van der Waals surface area (Å²) in [5.41, 5.74) is 4.42. The Balaban J connectivity index is 1.85. The van der Waals surface area contributed by atoms with Gasteiger partial charge in [-0.2, -0.15) is 5.10 Å². The lowest BCUT2D eigenvalue weighted by molar-refractivity contribution is -0.119. The lowest BCUT2D eigenvalue weighted by Gasteiger charge is -2.24. The maximum absolute atomic E-state index is 13.3. The van der Waals surface area contributed by atoms with E-state index in [0.717, 1.165) is 19.9 Å². The lowest BCUT2D eigenvalue weighted by Crippen LogP contribution is -2.39. The van der Waals surface area contributed by atoms with Gasteiger partial charge in [-0.1, -0.05) is 51.8 Å². The van der Waals surface area contributed by atoms with E-state index < -0.39 is 22.5 Å². The van der Waals surface area contributed by atoms with E-state index in [-0.39, 0.29) is 4.90 Å². The first-order valence-corrected chi connectivity index (χ1v) is 11.8. The molecule has 0 atom stereocenters. The number of nitrogens with zero attached hydrogens (tertiary/aromatic N) is 2. The van der Waals surface area contributed by atoms with Gasteiger partial charge in [0, 0.05) is 10.0 Å². The van der Waals surface area contributed by atoms with Crippen molar-refractivity contribution >= 4 is 43.8 Å². The van der Waals surface area contributed by atoms with Crippen molar-refractivity contribution in [3.8, 4) is 5.75 Å². The number of hydrogen-bond acceptors (Lipinski definition) is 5. The molecule has 166 valence electrons. The van der Waals surface area contributed by atoms with Gasteiger partial charge in [0.2, 0.25) is 0 Å². The maximum Gasteiger partial charge on any atom is 0.264 e. The van der Waals surface area contributed by atoms with Crippen LogP contribution in [0.2, 0.25) is 0 Å². The first-order valence-electron chi connectivity index (χ1n) is 9.61. The molecule has 3 aromatic rings. The Labute approximate surface area is 195 Å². The average molecular weight is 516 g/mol. The molecule has 3 aromatic carbocycles. The van der Waals surface area contributed by atoms with Crippen molar-refractivity contribution < 1.29 is 17.9 Å². The summed E-state index contributed by atoms with van der Waals surface area (Å²) in [7, 11) is -2.48. The standard InChI is InChI=1S/C23H22BrN3O4S/c1-17-7-13-21(14-8-17)32(29,30)27(19-9-11-20(31-2)12-10-19)16-23(28)26-25-15-18-5-3-4-6-22(18)24/h3-15H,16H2,1-2H3,(H,26,28)/b25-15+. The summed E-state index contributed by atoms with van der Waals surface area (Å²) in [6.45, 7) is 1.42. The fourth-order valence-corrected chi connectivity index (χ4v) is 4.63. The number of rotatable bonds is 8. The van der Waals surface area contributed by atoms with E-state index in [4.69, 9.17) is 4.74 Å². The molecule has 0 aliphatic heterocycles. The Morgan fingerprint density at radius 1 is 1.06 bits per heavy atom. The van der Waals surface area contributed by atoms with Crippen molar-refractivity contribution in [2.75, 3.05) is 18.0 Å². The minimum atomic E-state index is -4.00. The van der Waals surface area contributed by atoms with Crippen LogP contribution in [0.4, 0.5) is 5.69 Å². The van der Waals surface area contributed by atoms with Crippen molar-refractivity contribution in [2.45, 2.75) is 11.8 Å². The number of anilines is 1. The molecule has 0 saturated heterocycles. The van der Waals surface area contributed by atoms with Crippen molar-refractivity contribution in [3.63, 3.8) is 0 Å². The molecule has 0 fully saturated rings. The number of aryl methyl sites for hydroxylation is 1. The fourth-order valence-electron chi connectivity index (χ4n) is 2.82. The zero-order valence-electron chi connectivity index (χ0n) is 17.5. The van der Waals surface area contributed by atoms with Gasteiger partial charge in [-0.25, -0.2) is 13.8 Å². The molecular weight excluding hydrogens is 494 g/mol. The highest BCUT2D eigenvalue weighted by Crippen LogP contribution is 2.26. The summed E-state index contributed by atoms with van der Waals surface area (Å²) in [4.78, 5) is 12.7. The van der Waals surface area contributed by atoms with Crippen molar-refractivity contribution in [1.82, 2.24) is 5.43 Å². The van der Waals surface area contributed by atoms with Gasteiger partial charge < -0.3 is 4.74 Å². The number of amides is 1. The summed E-state index contributed by atoms with van der Waals surface area (Å²) in [5.74, 6) is -0.0104. The van der Waals surface area contributed by atoms with Crippen LogP contribution >= 0.6 is 15.9 Å². The number of halogens is 1. The predicted molar refractivity (Wildman–Crippen MR) is 129 cm³/mol. The second-order valence-corrected chi connectivity index (χ2v) is 9.55. The van der Waals surface area contributed by atoms with Crippen LogP contribution < -0.4 is 14.5 Å². The SMILES string of the molecule is COc1ccc(N(CC(=O)N/N=C/c2ccccc2Br)S(=O)(=O)c2ccc(C)cc2)cc1. The number of carbonyl (C=O) groups is 1. The van der Waals surface area contributed by atoms with Crippen molar-refractivity contribution in [3.05, 3.63) is 88.4 Å². The van der Waals surface area contributed by atoms with Gasteiger partial charge in [0.05, 0.1) is 23.9 Å². The molecule has 32 heavy (non-hydrogen) atoms. The largest absolute Gasteiger partial charge is 0.497 e. The number of hydrazone groups is 1. The molecule has 3 rings (SSSR count). The van der Waals surface area contributed by atoms with E-state index in [1.54, 1.807) is 36.4 Å². The van der Waals surface area contributed by atoms with E-state index in [1.165, 1.54) is 25.5 Å². The van der Waals surface area contributed by atoms with Crippen LogP contribution in [0, 0.1) is 6.92 Å². The highest BCUT2D eigenvalue weighted by Gasteiger charge is 2.27. The Morgan fingerprint density at radius 3 is 2.34 bits per heavy atom. The first-order chi connectivity index (χ1) is 15.3. The van der Waals surface area contributed by atoms with Crippen LogP contribution in [-0.4, -0.2) is 34.2 Å². The zero-order valence-corrected chi connectivity index (χ0v) is 19.9. The average Bonchev–Trinajstić information content (AvgIpc) is 2.79. The highest BCUT2D eigenvalue weighted by molar-refractivity contribution is 9.10. The van der Waals surface area contributed by atoms with E-state index in [1.807, 2.05) is 31.2 Å². The molecule has 0 aliphatic carbocycles. The van der Waals surface area contributed by atoms with Gasteiger partial charge in [-0.3, -0.25) is 9.10 Å². The number of carbonyl (C=O) groups excluding carboxylic acids is 1. The van der Waals surface area contributed by atoms with E-state index in [9.17, 15) is 13.2 Å². The van der Waals surface area contributed by atoms with Gasteiger partial charge in [0.15, 0.2) is 0 Å². The van der Waals surface area contributed by atoms with Crippen molar-refractivity contribution in [1.29, 1.82) is 0 Å². The molecule has 1 N–H and O–H groups in total. The number of methoxy groups -OCH3 is 1. The fraction of sp³-hybridized carbons (Fsp3) is 0.130. The van der Waals surface area contributed by atoms with Crippen LogP contribution in [0.1, 0.15) is 11.1 Å². The zero-order chi connectivity index (χ0) is 23.1. The molecule has 1 amide bonds. The summed E-state index contributed by atoms with van der Waals surface area (Å²) in [5, 5.41) is 3.95. The monoisotopic (exact) mass is 515 g/mol. The number of sulfonamides is 1. The first kappa shape index (κ1) is 23.5. The molecule has 0 aromatic heterocycles. The van der Waals surface area contributed by atoms with Crippen LogP contribution in [0.5, 0.6) is 5.75 Å². The summed E-state index contributed by atoms with van der Waals surface area (Å²) >= 11 is 3.40. The maximum atomic E-state index is 13.3. The third kappa shape index (κ3) is 5.74. The molecular formula is C23H22BrN3O4S. The lowest BCUT2D eigenvalue weighted by atomic mass is 10.2. The van der Waals surface area contributed by atoms with Gasteiger partial charge in [-0.15, -0.1) is 0 Å². The third-order valence-electron chi connectivity index (χ3n) is 4.55. The highest BCUT2D eigenvalue weighted by atomic mass is 79.9. The van der Waals surface area contributed by atoms with E-state index in [2.05, 4.69) is 26.5 Å². The smallest absolute Gasteiger partial charge is 0.264 e. The van der Waals surface area contributed by atoms with E-state index in [0.29, 0.717) is 11.4 Å². The molecule has 0 aliphatic rings. The van der Waals surface area contributed by atoms with E-state index >= 15 is 0 Å².